The summed E-state index contributed by atoms with van der Waals surface area (Å²) in [5, 5.41) is 21.1. The first-order chi connectivity index (χ1) is 13.9. The van der Waals surface area contributed by atoms with Crippen molar-refractivity contribution in [2.45, 2.75) is 89.3 Å². The highest BCUT2D eigenvalue weighted by molar-refractivity contribution is 6.22. The Balaban J connectivity index is 1.50. The van der Waals surface area contributed by atoms with Crippen LogP contribution in [0.3, 0.4) is 0 Å². The van der Waals surface area contributed by atoms with Crippen LogP contribution in [0.15, 0.2) is 23.6 Å². The van der Waals surface area contributed by atoms with Gasteiger partial charge in [-0.3, -0.25) is 4.90 Å². The molecule has 2 fully saturated rings. The molecule has 2 aliphatic carbocycles. The number of hydrogen-bond donors (Lipinski definition) is 2. The van der Waals surface area contributed by atoms with Crippen LogP contribution >= 0.6 is 11.6 Å². The van der Waals surface area contributed by atoms with Crippen molar-refractivity contribution in [2.24, 2.45) is 23.7 Å². The van der Waals surface area contributed by atoms with Crippen LogP contribution in [-0.2, 0) is 0 Å². The second-order valence-electron chi connectivity index (χ2n) is 9.79. The molecule has 1 saturated heterocycles. The fourth-order valence-corrected chi connectivity index (χ4v) is 5.79. The summed E-state index contributed by atoms with van der Waals surface area (Å²) in [4.78, 5) is 2.21. The van der Waals surface area contributed by atoms with Crippen molar-refractivity contribution < 1.29 is 14.6 Å². The van der Waals surface area contributed by atoms with E-state index in [1.807, 2.05) is 6.08 Å². The maximum atomic E-state index is 13.5. The molecule has 0 amide bonds. The third-order valence-electron chi connectivity index (χ3n) is 7.58. The Kier molecular flexibility index (Phi) is 8.62. The van der Waals surface area contributed by atoms with E-state index < -0.39 is 11.6 Å². The maximum Gasteiger partial charge on any atom is 0.118 e. The van der Waals surface area contributed by atoms with Crippen LogP contribution in [0.4, 0.5) is 4.39 Å². The number of likely N-dealkylation sites (tertiary alicyclic amines) is 1. The second-order valence-corrected chi connectivity index (χ2v) is 10.3. The van der Waals surface area contributed by atoms with E-state index in [2.05, 4.69) is 18.7 Å². The second kappa shape index (κ2) is 10.7. The van der Waals surface area contributed by atoms with Gasteiger partial charge in [0.15, 0.2) is 0 Å². The number of hydrogen-bond acceptors (Lipinski definition) is 3. The van der Waals surface area contributed by atoms with E-state index in [4.69, 9.17) is 11.6 Å². The molecule has 0 aromatic rings. The molecule has 166 valence electrons. The molecule has 4 atom stereocenters. The minimum absolute atomic E-state index is 0.181. The van der Waals surface area contributed by atoms with Crippen LogP contribution in [-0.4, -0.2) is 45.9 Å². The summed E-state index contributed by atoms with van der Waals surface area (Å²) in [6.45, 7) is 6.07. The molecule has 3 unspecified atom stereocenters. The van der Waals surface area contributed by atoms with Crippen molar-refractivity contribution in [1.29, 1.82) is 0 Å². The topological polar surface area (TPSA) is 43.7 Å². The molecule has 0 aromatic heterocycles. The van der Waals surface area contributed by atoms with Crippen LogP contribution in [0.25, 0.3) is 0 Å². The van der Waals surface area contributed by atoms with Crippen molar-refractivity contribution in [2.75, 3.05) is 13.1 Å². The molecule has 29 heavy (non-hydrogen) atoms. The van der Waals surface area contributed by atoms with Crippen molar-refractivity contribution >= 4 is 11.6 Å². The molecule has 1 saturated carbocycles. The van der Waals surface area contributed by atoms with Gasteiger partial charge in [0.1, 0.15) is 12.1 Å². The molecule has 0 spiro atoms. The van der Waals surface area contributed by atoms with Gasteiger partial charge in [0.2, 0.25) is 0 Å². The summed E-state index contributed by atoms with van der Waals surface area (Å²) >= 11 is 6.09. The summed E-state index contributed by atoms with van der Waals surface area (Å²) in [5.74, 6) is 1.23. The molecule has 0 bridgehead atoms. The molecule has 0 aromatic carbocycles. The first-order valence-corrected chi connectivity index (χ1v) is 12.1. The summed E-state index contributed by atoms with van der Waals surface area (Å²) < 4.78 is 13.5. The van der Waals surface area contributed by atoms with Crippen LogP contribution in [0, 0.1) is 23.7 Å². The summed E-state index contributed by atoms with van der Waals surface area (Å²) in [5.41, 5.74) is 1.25. The molecule has 0 radical (unpaired) electrons. The number of aliphatic hydroxyl groups excluding tert-OH is 2. The molecule has 1 heterocycles. The predicted molar refractivity (Wildman–Crippen MR) is 117 cm³/mol. The molecular weight excluding hydrogens is 389 g/mol. The fourth-order valence-electron chi connectivity index (χ4n) is 5.54. The number of rotatable bonds is 8. The van der Waals surface area contributed by atoms with E-state index in [-0.39, 0.29) is 17.8 Å². The highest BCUT2D eigenvalue weighted by Gasteiger charge is 2.33. The van der Waals surface area contributed by atoms with E-state index in [9.17, 15) is 14.6 Å². The van der Waals surface area contributed by atoms with E-state index in [1.54, 1.807) is 0 Å². The Bertz CT molecular complexity index is 579. The van der Waals surface area contributed by atoms with Gasteiger partial charge in [0, 0.05) is 19.0 Å². The van der Waals surface area contributed by atoms with Crippen molar-refractivity contribution in [3.63, 3.8) is 0 Å². The summed E-state index contributed by atoms with van der Waals surface area (Å²) in [7, 11) is 0. The van der Waals surface area contributed by atoms with Gasteiger partial charge in [-0.25, -0.2) is 4.39 Å². The zero-order valence-electron chi connectivity index (χ0n) is 18.1. The van der Waals surface area contributed by atoms with Gasteiger partial charge in [-0.2, -0.15) is 0 Å². The lowest BCUT2D eigenvalue weighted by atomic mass is 9.82. The van der Waals surface area contributed by atoms with Gasteiger partial charge in [-0.1, -0.05) is 38.3 Å². The highest BCUT2D eigenvalue weighted by Crippen LogP contribution is 2.36. The predicted octanol–water partition coefficient (Wildman–Crippen LogP) is 5.41. The normalized spacial score (nSPS) is 28.3. The maximum absolute atomic E-state index is 13.5. The van der Waals surface area contributed by atoms with Gasteiger partial charge in [0.05, 0.1) is 11.5 Å². The minimum Gasteiger partial charge on any atom is -0.393 e. The molecule has 5 heteroatoms. The summed E-state index contributed by atoms with van der Waals surface area (Å²) in [6.07, 6.45) is 11.8. The van der Waals surface area contributed by atoms with Gasteiger partial charge in [0.25, 0.3) is 0 Å². The van der Waals surface area contributed by atoms with Crippen LogP contribution in [0.5, 0.6) is 0 Å². The lowest BCUT2D eigenvalue weighted by molar-refractivity contribution is -0.0725. The van der Waals surface area contributed by atoms with Crippen LogP contribution < -0.4 is 0 Å². The molecule has 1 aliphatic heterocycles. The SMILES string of the molecule is CC(C)[C@@H](CCC(O)C1CCCC1)C(O)N1CCC(C2=CC=C(F)C(Cl)C2)CC1. The zero-order chi connectivity index (χ0) is 21.0. The number of halogens is 2. The van der Waals surface area contributed by atoms with Crippen molar-refractivity contribution in [3.8, 4) is 0 Å². The third kappa shape index (κ3) is 6.06. The molecule has 2 N–H and O–H groups in total. The number of aliphatic hydroxyl groups is 2. The van der Waals surface area contributed by atoms with Gasteiger partial charge < -0.3 is 10.2 Å². The first kappa shape index (κ1) is 23.2. The monoisotopic (exact) mass is 427 g/mol. The summed E-state index contributed by atoms with van der Waals surface area (Å²) in [6, 6.07) is 0. The number of allylic oxidation sites excluding steroid dienone is 4. The Morgan fingerprint density at radius 1 is 1.07 bits per heavy atom. The molecule has 3 rings (SSSR count). The zero-order valence-corrected chi connectivity index (χ0v) is 18.8. The average molecular weight is 428 g/mol. The number of piperidine rings is 1. The molecular formula is C24H39ClFNO2. The lowest BCUT2D eigenvalue weighted by Crippen LogP contribution is -2.47. The van der Waals surface area contributed by atoms with Crippen LogP contribution in [0.2, 0.25) is 0 Å². The van der Waals surface area contributed by atoms with Crippen molar-refractivity contribution in [1.82, 2.24) is 4.90 Å². The first-order valence-electron chi connectivity index (χ1n) is 11.7. The number of alkyl halides is 1. The Labute approximate surface area is 181 Å². The van der Waals surface area contributed by atoms with Crippen LogP contribution in [0.1, 0.15) is 71.6 Å². The van der Waals surface area contributed by atoms with E-state index in [1.165, 1.54) is 24.5 Å². The van der Waals surface area contributed by atoms with Gasteiger partial charge in [-0.15, -0.1) is 11.6 Å². The fraction of sp³-hybridized carbons (Fsp3) is 0.833. The molecule has 3 nitrogen and oxygen atoms in total. The van der Waals surface area contributed by atoms with E-state index in [0.29, 0.717) is 24.2 Å². The average Bonchev–Trinajstić information content (AvgIpc) is 3.25. The minimum atomic E-state index is -0.518. The lowest BCUT2D eigenvalue weighted by Gasteiger charge is -2.41. The highest BCUT2D eigenvalue weighted by atomic mass is 35.5. The standard InChI is InChI=1S/C24H39ClFNO2/c1-16(2)20(8-10-23(28)18-5-3-4-6-18)24(29)27-13-11-17(12-14-27)19-7-9-22(26)21(25)15-19/h7,9,16-18,20-21,23-24,28-29H,3-6,8,10-15H2,1-2H3/t20-,21?,23?,24?/m1/s1. The van der Waals surface area contributed by atoms with Gasteiger partial charge >= 0.3 is 0 Å². The number of nitrogens with zero attached hydrogens (tertiary/aromatic N) is 1. The smallest absolute Gasteiger partial charge is 0.118 e. The van der Waals surface area contributed by atoms with E-state index in [0.717, 1.165) is 51.6 Å². The van der Waals surface area contributed by atoms with Gasteiger partial charge in [-0.05, 0) is 68.8 Å². The Hall–Kier alpha value is -0.420. The Morgan fingerprint density at radius 2 is 1.72 bits per heavy atom. The third-order valence-corrected chi connectivity index (χ3v) is 7.94. The Morgan fingerprint density at radius 3 is 2.31 bits per heavy atom. The largest absolute Gasteiger partial charge is 0.393 e. The molecule has 3 aliphatic rings. The van der Waals surface area contributed by atoms with E-state index >= 15 is 0 Å². The quantitative estimate of drug-likeness (QED) is 0.509. The van der Waals surface area contributed by atoms with Crippen molar-refractivity contribution in [3.05, 3.63) is 23.6 Å².